The first-order chi connectivity index (χ1) is 16.4. The summed E-state index contributed by atoms with van der Waals surface area (Å²) in [5, 5.41) is 3.07. The predicted molar refractivity (Wildman–Crippen MR) is 131 cm³/mol. The van der Waals surface area contributed by atoms with E-state index >= 15 is 0 Å². The van der Waals surface area contributed by atoms with Crippen molar-refractivity contribution in [3.05, 3.63) is 75.0 Å². The molecule has 1 atom stereocenters. The van der Waals surface area contributed by atoms with Gasteiger partial charge < -0.3 is 10.1 Å². The molecule has 1 aliphatic carbocycles. The van der Waals surface area contributed by atoms with Crippen molar-refractivity contribution < 1.29 is 18.7 Å². The van der Waals surface area contributed by atoms with Crippen LogP contribution in [-0.2, 0) is 4.79 Å². The molecular formula is C24H22Cl2FN3O3S. The molecule has 1 N–H and O–H groups in total. The van der Waals surface area contributed by atoms with E-state index in [0.29, 0.717) is 17.0 Å². The van der Waals surface area contributed by atoms with E-state index in [-0.39, 0.29) is 21.1 Å². The Kier molecular flexibility index (Phi) is 7.70. The van der Waals surface area contributed by atoms with Crippen LogP contribution in [0.25, 0.3) is 0 Å². The molecule has 0 bridgehead atoms. The first-order valence-electron chi connectivity index (χ1n) is 10.7. The normalized spacial score (nSPS) is 14.6. The molecule has 34 heavy (non-hydrogen) atoms. The molecule has 0 aliphatic heterocycles. The summed E-state index contributed by atoms with van der Waals surface area (Å²) in [6, 6.07) is 11.2. The van der Waals surface area contributed by atoms with Crippen LogP contribution in [0.15, 0.2) is 48.5 Å². The second-order valence-electron chi connectivity index (χ2n) is 7.91. The fourth-order valence-electron chi connectivity index (χ4n) is 4.11. The van der Waals surface area contributed by atoms with Crippen LogP contribution in [0.5, 0.6) is 5.75 Å². The Bertz CT molecular complexity index is 1180. The molecule has 178 valence electrons. The van der Waals surface area contributed by atoms with Crippen molar-refractivity contribution in [1.29, 1.82) is 0 Å². The van der Waals surface area contributed by atoms with Crippen LogP contribution < -0.4 is 15.0 Å². The molecule has 1 saturated carbocycles. The van der Waals surface area contributed by atoms with E-state index in [9.17, 15) is 14.0 Å². The summed E-state index contributed by atoms with van der Waals surface area (Å²) in [5.74, 6) is -1.11. The predicted octanol–water partition coefficient (Wildman–Crippen LogP) is 6.04. The molecule has 0 spiro atoms. The number of benzene rings is 2. The highest BCUT2D eigenvalue weighted by Crippen LogP contribution is 2.38. The lowest BCUT2D eigenvalue weighted by Gasteiger charge is -2.32. The minimum atomic E-state index is -1.14. The number of para-hydroxylation sites is 2. The number of carbonyl (C=O) groups is 2. The van der Waals surface area contributed by atoms with Gasteiger partial charge in [-0.2, -0.15) is 4.37 Å². The van der Waals surface area contributed by atoms with Gasteiger partial charge in [0, 0.05) is 6.04 Å². The van der Waals surface area contributed by atoms with Gasteiger partial charge >= 0.3 is 0 Å². The lowest BCUT2D eigenvalue weighted by molar-refractivity contribution is -0.123. The Balaban J connectivity index is 1.87. The maximum atomic E-state index is 13.9. The monoisotopic (exact) mass is 521 g/mol. The molecule has 2 amide bonds. The van der Waals surface area contributed by atoms with E-state index < -0.39 is 23.7 Å². The van der Waals surface area contributed by atoms with Gasteiger partial charge in [0.1, 0.15) is 27.0 Å². The molecule has 0 unspecified atom stereocenters. The van der Waals surface area contributed by atoms with Crippen molar-refractivity contribution in [1.82, 2.24) is 9.69 Å². The van der Waals surface area contributed by atoms with Gasteiger partial charge in [-0.3, -0.25) is 14.5 Å². The number of ether oxygens (including phenoxy) is 1. The summed E-state index contributed by atoms with van der Waals surface area (Å²) in [6.07, 6.45) is 3.76. The zero-order chi connectivity index (χ0) is 24.2. The molecule has 10 heteroatoms. The number of hydrogen-bond acceptors (Lipinski definition) is 5. The number of rotatable bonds is 7. The molecule has 1 heterocycles. The Labute approximate surface area is 210 Å². The van der Waals surface area contributed by atoms with Gasteiger partial charge in [-0.05, 0) is 54.2 Å². The van der Waals surface area contributed by atoms with E-state index in [1.54, 1.807) is 24.3 Å². The number of anilines is 1. The van der Waals surface area contributed by atoms with E-state index in [1.807, 2.05) is 0 Å². The standard InChI is InChI=1S/C24H22Cl2FN3O3S/c1-33-18-9-5-4-8-17(18)30(24(32)20-19(25)22(26)34-29-20)21(14-10-12-15(27)13-11-14)23(31)28-16-6-2-3-7-16/h4-5,8-13,16,21H,2-3,6-7H2,1H3,(H,28,31)/t21-/m1/s1. The van der Waals surface area contributed by atoms with Crippen molar-refractivity contribution in [2.24, 2.45) is 0 Å². The Morgan fingerprint density at radius 2 is 1.82 bits per heavy atom. The highest BCUT2D eigenvalue weighted by molar-refractivity contribution is 7.11. The van der Waals surface area contributed by atoms with Crippen LogP contribution in [0.4, 0.5) is 10.1 Å². The first-order valence-corrected chi connectivity index (χ1v) is 12.3. The average molecular weight is 522 g/mol. The number of halogens is 3. The molecule has 1 fully saturated rings. The highest BCUT2D eigenvalue weighted by Gasteiger charge is 2.38. The van der Waals surface area contributed by atoms with Crippen LogP contribution in [-0.4, -0.2) is 29.3 Å². The molecule has 1 aliphatic rings. The van der Waals surface area contributed by atoms with Crippen molar-refractivity contribution in [2.45, 2.75) is 37.8 Å². The molecule has 4 rings (SSSR count). The number of carbonyl (C=O) groups excluding carboxylic acids is 2. The summed E-state index contributed by atoms with van der Waals surface area (Å²) in [4.78, 5) is 28.9. The zero-order valence-electron chi connectivity index (χ0n) is 18.3. The van der Waals surface area contributed by atoms with E-state index in [2.05, 4.69) is 9.69 Å². The summed E-state index contributed by atoms with van der Waals surface area (Å²) in [7, 11) is 1.47. The Morgan fingerprint density at radius 1 is 1.15 bits per heavy atom. The molecule has 1 aromatic heterocycles. The number of nitrogens with zero attached hydrogens (tertiary/aromatic N) is 2. The number of hydrogen-bond donors (Lipinski definition) is 1. The van der Waals surface area contributed by atoms with Gasteiger partial charge in [-0.1, -0.05) is 60.3 Å². The average Bonchev–Trinajstić information content (AvgIpc) is 3.47. The third kappa shape index (κ3) is 5.04. The van der Waals surface area contributed by atoms with Crippen molar-refractivity contribution >= 4 is 52.2 Å². The smallest absolute Gasteiger partial charge is 0.280 e. The number of nitrogens with one attached hydrogen (secondary N) is 1. The number of methoxy groups -OCH3 is 1. The van der Waals surface area contributed by atoms with Crippen LogP contribution in [0, 0.1) is 5.82 Å². The Morgan fingerprint density at radius 3 is 2.44 bits per heavy atom. The summed E-state index contributed by atoms with van der Waals surface area (Å²) >= 11 is 13.2. The topological polar surface area (TPSA) is 71.5 Å². The van der Waals surface area contributed by atoms with Crippen molar-refractivity contribution in [3.63, 3.8) is 0 Å². The molecule has 3 aromatic rings. The van der Waals surface area contributed by atoms with E-state index in [4.69, 9.17) is 27.9 Å². The fraction of sp³-hybridized carbons (Fsp3) is 0.292. The van der Waals surface area contributed by atoms with Crippen LogP contribution in [0.2, 0.25) is 9.36 Å². The second-order valence-corrected chi connectivity index (χ2v) is 9.66. The van der Waals surface area contributed by atoms with Crippen LogP contribution in [0.3, 0.4) is 0 Å². The van der Waals surface area contributed by atoms with Crippen molar-refractivity contribution in [2.75, 3.05) is 12.0 Å². The molecular weight excluding hydrogens is 500 g/mol. The third-order valence-electron chi connectivity index (χ3n) is 5.76. The minimum absolute atomic E-state index is 0.00220. The number of amides is 2. The van der Waals surface area contributed by atoms with E-state index in [0.717, 1.165) is 37.2 Å². The molecule has 2 aromatic carbocycles. The third-order valence-corrected chi connectivity index (χ3v) is 7.37. The molecule has 0 saturated heterocycles. The van der Waals surface area contributed by atoms with Gasteiger partial charge in [0.2, 0.25) is 5.91 Å². The fourth-order valence-corrected chi connectivity index (χ4v) is 5.10. The van der Waals surface area contributed by atoms with Crippen molar-refractivity contribution in [3.8, 4) is 5.75 Å². The second kappa shape index (κ2) is 10.7. The van der Waals surface area contributed by atoms with Crippen LogP contribution >= 0.6 is 34.7 Å². The summed E-state index contributed by atoms with van der Waals surface area (Å²) < 4.78 is 23.6. The van der Waals surface area contributed by atoms with Gasteiger partial charge in [0.05, 0.1) is 12.8 Å². The van der Waals surface area contributed by atoms with Gasteiger partial charge in [-0.25, -0.2) is 4.39 Å². The molecule has 6 nitrogen and oxygen atoms in total. The molecule has 0 radical (unpaired) electrons. The SMILES string of the molecule is COc1ccccc1N(C(=O)c1nsc(Cl)c1Cl)[C@@H](C(=O)NC1CCCC1)c1ccc(F)cc1. The summed E-state index contributed by atoms with van der Waals surface area (Å²) in [5.41, 5.74) is 0.683. The maximum Gasteiger partial charge on any atom is 0.280 e. The maximum absolute atomic E-state index is 13.9. The lowest BCUT2D eigenvalue weighted by Crippen LogP contribution is -2.46. The lowest BCUT2D eigenvalue weighted by atomic mass is 10.0. The quantitative estimate of drug-likeness (QED) is 0.411. The largest absolute Gasteiger partial charge is 0.495 e. The minimum Gasteiger partial charge on any atom is -0.495 e. The van der Waals surface area contributed by atoms with Gasteiger partial charge in [0.15, 0.2) is 5.69 Å². The van der Waals surface area contributed by atoms with Gasteiger partial charge in [-0.15, -0.1) is 0 Å². The van der Waals surface area contributed by atoms with E-state index in [1.165, 1.54) is 36.3 Å². The number of aromatic nitrogens is 1. The highest BCUT2D eigenvalue weighted by atomic mass is 35.5. The zero-order valence-corrected chi connectivity index (χ0v) is 20.6. The first kappa shape index (κ1) is 24.4. The van der Waals surface area contributed by atoms with Crippen LogP contribution in [0.1, 0.15) is 47.8 Å². The Hall–Kier alpha value is -2.68. The van der Waals surface area contributed by atoms with Gasteiger partial charge in [0.25, 0.3) is 5.91 Å². The summed E-state index contributed by atoms with van der Waals surface area (Å²) in [6.45, 7) is 0.